The Morgan fingerprint density at radius 2 is 0.750 bits per heavy atom. The van der Waals surface area contributed by atoms with E-state index in [0.29, 0.717) is 37.9 Å². The smallest absolute Gasteiger partial charge is 0.306 e. The minimum atomic E-state index is -0.0313. The van der Waals surface area contributed by atoms with E-state index >= 15 is 0 Å². The molecule has 6 heteroatoms. The molecule has 0 bridgehead atoms. The van der Waals surface area contributed by atoms with Crippen molar-refractivity contribution in [3.63, 3.8) is 0 Å². The summed E-state index contributed by atoms with van der Waals surface area (Å²) in [4.78, 5) is 27.1. The van der Waals surface area contributed by atoms with Gasteiger partial charge in [0.15, 0.2) is 0 Å². The lowest BCUT2D eigenvalue weighted by molar-refractivity contribution is -0.143. The van der Waals surface area contributed by atoms with E-state index in [1.165, 1.54) is 205 Å². The maximum atomic E-state index is 12.4. The third-order valence-corrected chi connectivity index (χ3v) is 15.1. The molecule has 0 aliphatic heterocycles. The van der Waals surface area contributed by atoms with Gasteiger partial charge in [0.1, 0.15) is 13.2 Å². The first kappa shape index (κ1) is 58.8. The van der Waals surface area contributed by atoms with Crippen LogP contribution in [0.2, 0.25) is 0 Å². The van der Waals surface area contributed by atoms with Gasteiger partial charge in [-0.3, -0.25) is 9.59 Å². The Morgan fingerprint density at radius 3 is 1.10 bits per heavy atom. The third kappa shape index (κ3) is 43.5. The van der Waals surface area contributed by atoms with Crippen molar-refractivity contribution in [2.75, 3.05) is 52.3 Å². The van der Waals surface area contributed by atoms with E-state index in [4.69, 9.17) is 9.47 Å². The van der Waals surface area contributed by atoms with Crippen molar-refractivity contribution in [3.8, 4) is 0 Å². The zero-order valence-electron chi connectivity index (χ0n) is 41.3. The summed E-state index contributed by atoms with van der Waals surface area (Å²) in [5, 5.41) is 0. The highest BCUT2D eigenvalue weighted by Gasteiger charge is 2.10. The van der Waals surface area contributed by atoms with Gasteiger partial charge in [0.2, 0.25) is 0 Å². The van der Waals surface area contributed by atoms with E-state index in [9.17, 15) is 9.59 Å². The lowest BCUT2D eigenvalue weighted by atomic mass is 9.94. The van der Waals surface area contributed by atoms with Crippen molar-refractivity contribution in [3.05, 3.63) is 24.3 Å². The fourth-order valence-electron chi connectivity index (χ4n) is 8.30. The summed E-state index contributed by atoms with van der Waals surface area (Å²) < 4.78 is 11.2. The monoisotopic (exact) mass is 862 g/mol. The third-order valence-electron chi connectivity index (χ3n) is 12.3. The van der Waals surface area contributed by atoms with Gasteiger partial charge in [-0.25, -0.2) is 0 Å². The highest BCUT2D eigenvalue weighted by molar-refractivity contribution is 7.57. The average molecular weight is 862 g/mol. The maximum Gasteiger partial charge on any atom is 0.306 e. The Morgan fingerprint density at radius 1 is 0.433 bits per heavy atom. The number of hydrogen-bond acceptors (Lipinski definition) is 5. The van der Waals surface area contributed by atoms with Crippen molar-refractivity contribution in [1.82, 2.24) is 4.90 Å². The van der Waals surface area contributed by atoms with E-state index < -0.39 is 0 Å². The first-order valence-electron chi connectivity index (χ1n) is 26.4. The molecule has 5 nitrogen and oxygen atoms in total. The number of carbonyl (C=O) groups excluding carboxylic acids is 2. The second-order valence-electron chi connectivity index (χ2n) is 18.5. The summed E-state index contributed by atoms with van der Waals surface area (Å²) >= 11 is 0. The molecule has 0 spiro atoms. The van der Waals surface area contributed by atoms with Crippen molar-refractivity contribution >= 4 is 19.9 Å². The summed E-state index contributed by atoms with van der Waals surface area (Å²) in [7, 11) is 4.47. The predicted molar refractivity (Wildman–Crippen MR) is 267 cm³/mol. The molecule has 60 heavy (non-hydrogen) atoms. The standard InChI is InChI=1S/C54H104NO4P/c1-7-11-15-25-37-51(38-26-16-12-8-2)41-35-46-58-53(56)43-29-21-19-23-32-48-60(50-34-31-45-55(5)6)49-33-24-20-22-30-44-54(57)59-47-36-42-52(39-27-17-13-9-3)40-28-18-14-10-4/h35-36,41-42,51-52H,7-34,37-40,43-50H2,1-6H3. The highest BCUT2D eigenvalue weighted by atomic mass is 31.1. The second-order valence-corrected chi connectivity index (χ2v) is 21.2. The van der Waals surface area contributed by atoms with Crippen molar-refractivity contribution in [2.45, 2.75) is 246 Å². The van der Waals surface area contributed by atoms with E-state index in [-0.39, 0.29) is 19.9 Å². The SMILES string of the molecule is CCCCCCC(C=CCOC(=O)CCCCCCCP(CCCCCCCC(=O)OCC=CC(CCCCCC)CCCCCC)CCCCN(C)C)CCCCCC. The number of unbranched alkanes of at least 4 members (excludes halogenated alkanes) is 21. The van der Waals surface area contributed by atoms with Crippen LogP contribution >= 0.6 is 7.92 Å². The molecule has 0 amide bonds. The molecule has 0 saturated carbocycles. The Labute approximate surface area is 377 Å². The number of rotatable bonds is 47. The number of nitrogens with zero attached hydrogens (tertiary/aromatic N) is 1. The molecule has 0 radical (unpaired) electrons. The van der Waals surface area contributed by atoms with Gasteiger partial charge in [-0.05, 0) is 115 Å². The lowest BCUT2D eigenvalue weighted by Crippen LogP contribution is -2.13. The lowest BCUT2D eigenvalue weighted by Gasteiger charge is -2.18. The fourth-order valence-corrected chi connectivity index (χ4v) is 11.0. The number of allylic oxidation sites excluding steroid dienone is 2. The minimum absolute atomic E-state index is 0.0313. The van der Waals surface area contributed by atoms with Gasteiger partial charge in [0, 0.05) is 12.8 Å². The Balaban J connectivity index is 4.29. The van der Waals surface area contributed by atoms with E-state index in [2.05, 4.69) is 71.0 Å². The molecule has 0 aromatic heterocycles. The van der Waals surface area contributed by atoms with Gasteiger partial charge < -0.3 is 14.4 Å². The number of ether oxygens (including phenoxy) is 2. The number of hydrogen-bond donors (Lipinski definition) is 0. The van der Waals surface area contributed by atoms with Crippen LogP contribution in [0.1, 0.15) is 246 Å². The van der Waals surface area contributed by atoms with Crippen LogP contribution in [0.15, 0.2) is 24.3 Å². The van der Waals surface area contributed by atoms with Gasteiger partial charge in [-0.2, -0.15) is 0 Å². The van der Waals surface area contributed by atoms with Gasteiger partial charge in [0.05, 0.1) is 0 Å². The predicted octanol–water partition coefficient (Wildman–Crippen LogP) is 16.8. The van der Waals surface area contributed by atoms with Crippen LogP contribution in [0, 0.1) is 11.8 Å². The average Bonchev–Trinajstić information content (AvgIpc) is 3.24. The van der Waals surface area contributed by atoms with Crippen LogP contribution in [0.5, 0.6) is 0 Å². The second kappa shape index (κ2) is 47.3. The zero-order chi connectivity index (χ0) is 44.0. The van der Waals surface area contributed by atoms with Crippen molar-refractivity contribution < 1.29 is 19.1 Å². The molecule has 354 valence electrons. The van der Waals surface area contributed by atoms with Crippen LogP contribution in [0.4, 0.5) is 0 Å². The molecular formula is C54H104NO4P. The molecule has 0 aromatic carbocycles. The Hall–Kier alpha value is -1.19. The molecule has 0 atom stereocenters. The molecular weight excluding hydrogens is 758 g/mol. The molecule has 0 unspecified atom stereocenters. The molecule has 0 N–H and O–H groups in total. The van der Waals surface area contributed by atoms with Gasteiger partial charge in [-0.1, -0.05) is 193 Å². The van der Waals surface area contributed by atoms with Gasteiger partial charge in [0.25, 0.3) is 0 Å². The molecule has 0 saturated heterocycles. The highest BCUT2D eigenvalue weighted by Crippen LogP contribution is 2.39. The maximum absolute atomic E-state index is 12.4. The normalized spacial score (nSPS) is 12.6. The fraction of sp³-hybridized carbons (Fsp3) is 0.889. The first-order valence-corrected chi connectivity index (χ1v) is 28.3. The Kier molecular flexibility index (Phi) is 46.4. The van der Waals surface area contributed by atoms with Crippen LogP contribution in [-0.2, 0) is 19.1 Å². The number of carbonyl (C=O) groups is 2. The first-order chi connectivity index (χ1) is 29.4. The summed E-state index contributed by atoms with van der Waals surface area (Å²) in [5.74, 6) is 1.21. The van der Waals surface area contributed by atoms with E-state index in [1.54, 1.807) is 0 Å². The molecule has 0 fully saturated rings. The van der Waals surface area contributed by atoms with Gasteiger partial charge in [-0.15, -0.1) is 7.92 Å². The van der Waals surface area contributed by atoms with Crippen LogP contribution in [-0.4, -0.2) is 69.2 Å². The summed E-state index contributed by atoms with van der Waals surface area (Å²) in [6, 6.07) is 0. The van der Waals surface area contributed by atoms with Crippen LogP contribution in [0.3, 0.4) is 0 Å². The summed E-state index contributed by atoms with van der Waals surface area (Å²) in [6.07, 6.45) is 55.0. The quantitative estimate of drug-likeness (QED) is 0.0264. The minimum Gasteiger partial charge on any atom is -0.461 e. The molecule has 0 aliphatic carbocycles. The van der Waals surface area contributed by atoms with Crippen molar-refractivity contribution in [2.24, 2.45) is 11.8 Å². The largest absolute Gasteiger partial charge is 0.461 e. The Bertz CT molecular complexity index is 875. The number of esters is 2. The summed E-state index contributed by atoms with van der Waals surface area (Å²) in [6.45, 7) is 11.2. The van der Waals surface area contributed by atoms with E-state index in [0.717, 1.165) is 25.7 Å². The molecule has 0 aliphatic rings. The topological polar surface area (TPSA) is 55.8 Å². The van der Waals surface area contributed by atoms with Crippen LogP contribution < -0.4 is 0 Å². The zero-order valence-corrected chi connectivity index (χ0v) is 42.2. The molecule has 0 aromatic rings. The van der Waals surface area contributed by atoms with E-state index in [1.807, 2.05) is 0 Å². The van der Waals surface area contributed by atoms with Crippen LogP contribution in [0.25, 0.3) is 0 Å². The van der Waals surface area contributed by atoms with Crippen molar-refractivity contribution in [1.29, 1.82) is 0 Å². The molecule has 0 heterocycles. The molecule has 0 rings (SSSR count). The summed E-state index contributed by atoms with van der Waals surface area (Å²) in [5.41, 5.74) is 0. The van der Waals surface area contributed by atoms with Gasteiger partial charge >= 0.3 is 11.9 Å².